The molecule has 0 saturated carbocycles. The predicted octanol–water partition coefficient (Wildman–Crippen LogP) is 6.49. The maximum Gasteiger partial charge on any atom is 0.337 e. The van der Waals surface area contributed by atoms with Gasteiger partial charge in [-0.2, -0.15) is 4.58 Å². The number of carbonyl (C=O) groups is 3. The molecule has 0 atom stereocenters. The van der Waals surface area contributed by atoms with Gasteiger partial charge in [-0.3, -0.25) is 4.79 Å². The molecule has 0 saturated heterocycles. The van der Waals surface area contributed by atoms with Gasteiger partial charge in [0.2, 0.25) is 11.6 Å². The van der Waals surface area contributed by atoms with Gasteiger partial charge in [0.1, 0.15) is 6.54 Å². The van der Waals surface area contributed by atoms with E-state index in [0.717, 1.165) is 19.4 Å². The van der Waals surface area contributed by atoms with Crippen LogP contribution >= 0.6 is 67.8 Å². The second-order valence-corrected chi connectivity index (χ2v) is 12.2. The molecule has 10 heteroatoms. The lowest BCUT2D eigenvalue weighted by Crippen LogP contribution is -2.26. The maximum absolute atomic E-state index is 12.7. The van der Waals surface area contributed by atoms with Gasteiger partial charge in [0.25, 0.3) is 0 Å². The summed E-state index contributed by atoms with van der Waals surface area (Å²) in [6.07, 6.45) is 2.74. The normalized spacial score (nSPS) is 14.1. The van der Waals surface area contributed by atoms with E-state index in [1.54, 1.807) is 22.6 Å². The number of carboxylic acid groups (broad SMARTS) is 2. The zero-order valence-electron chi connectivity index (χ0n) is 19.5. The Morgan fingerprint density at radius 1 is 0.914 bits per heavy atom. The van der Waals surface area contributed by atoms with E-state index in [0.29, 0.717) is 13.6 Å². The highest BCUT2D eigenvalue weighted by atomic mass is 127. The number of aromatic carboxylic acids is 2. The van der Waals surface area contributed by atoms with Gasteiger partial charge in [-0.15, -0.1) is 0 Å². The number of fused-ring (bicyclic) bond motifs is 1. The molecule has 0 aromatic heterocycles. The molecule has 1 aliphatic rings. The van der Waals surface area contributed by atoms with Crippen molar-refractivity contribution in [2.24, 2.45) is 0 Å². The Morgan fingerprint density at radius 3 is 2.06 bits per heavy atom. The van der Waals surface area contributed by atoms with Gasteiger partial charge >= 0.3 is 11.9 Å². The molecule has 3 N–H and O–H groups in total. The fourth-order valence-corrected chi connectivity index (χ4v) is 8.68. The monoisotopic (exact) mass is 815 g/mol. The van der Waals surface area contributed by atoms with Gasteiger partial charge in [0.05, 0.1) is 29.4 Å². The molecule has 3 rings (SSSR count). The number of nitrogens with one attached hydrogen (secondary N) is 1. The Bertz CT molecular complexity index is 1210. The van der Waals surface area contributed by atoms with E-state index in [1.165, 1.54) is 17.0 Å². The van der Waals surface area contributed by atoms with Crippen LogP contribution in [0.4, 0.5) is 11.4 Å². The maximum atomic E-state index is 12.7. The first kappa shape index (κ1) is 28.3. The minimum Gasteiger partial charge on any atom is -0.478 e. The van der Waals surface area contributed by atoms with Crippen molar-refractivity contribution in [3.05, 3.63) is 51.7 Å². The minimum absolute atomic E-state index is 0.00186. The summed E-state index contributed by atoms with van der Waals surface area (Å²) in [6, 6.07) is 8.47. The van der Waals surface area contributed by atoms with E-state index in [1.807, 2.05) is 45.2 Å². The molecule has 2 aromatic rings. The van der Waals surface area contributed by atoms with E-state index >= 15 is 0 Å². The van der Waals surface area contributed by atoms with Crippen LogP contribution in [0.15, 0.2) is 24.3 Å². The number of benzene rings is 2. The number of rotatable bonds is 9. The van der Waals surface area contributed by atoms with Crippen LogP contribution in [0.5, 0.6) is 0 Å². The van der Waals surface area contributed by atoms with Crippen LogP contribution in [0.2, 0.25) is 0 Å². The molecule has 35 heavy (non-hydrogen) atoms. The van der Waals surface area contributed by atoms with Crippen LogP contribution in [0.1, 0.15) is 72.7 Å². The van der Waals surface area contributed by atoms with Crippen LogP contribution < -0.4 is 5.32 Å². The molecule has 1 aliphatic heterocycles. The topological polar surface area (TPSA) is 107 Å². The summed E-state index contributed by atoms with van der Waals surface area (Å²) in [5, 5.41) is 21.9. The number of hydrogen-bond donors (Lipinski definition) is 3. The molecular weight excluding hydrogens is 789 g/mol. The SMILES string of the molecule is CC1=[N+](CCCCCC(=O)Nc2c(I)c(C(=O)O)c(I)c(C(=O)O)c2I)c2ccccc2C1(C)C. The number of anilines is 1. The Morgan fingerprint density at radius 2 is 1.49 bits per heavy atom. The van der Waals surface area contributed by atoms with E-state index in [-0.39, 0.29) is 38.1 Å². The van der Waals surface area contributed by atoms with Crippen molar-refractivity contribution >= 4 is 103 Å². The third kappa shape index (κ3) is 5.68. The molecule has 0 spiro atoms. The summed E-state index contributed by atoms with van der Waals surface area (Å²) in [7, 11) is 0. The van der Waals surface area contributed by atoms with Gasteiger partial charge < -0.3 is 15.5 Å². The molecule has 0 aliphatic carbocycles. The van der Waals surface area contributed by atoms with Gasteiger partial charge in [-0.05, 0) is 94.5 Å². The fraction of sp³-hybridized carbons (Fsp3) is 0.360. The highest BCUT2D eigenvalue weighted by Gasteiger charge is 2.42. The number of unbranched alkanes of at least 4 members (excludes halogenated alkanes) is 2. The smallest absolute Gasteiger partial charge is 0.337 e. The largest absolute Gasteiger partial charge is 0.478 e. The molecule has 0 unspecified atom stereocenters. The highest BCUT2D eigenvalue weighted by molar-refractivity contribution is 14.1. The van der Waals surface area contributed by atoms with Gasteiger partial charge in [0, 0.05) is 35.0 Å². The molecule has 0 fully saturated rings. The van der Waals surface area contributed by atoms with Gasteiger partial charge in [-0.1, -0.05) is 18.2 Å². The van der Waals surface area contributed by atoms with Crippen LogP contribution in [0.3, 0.4) is 0 Å². The summed E-state index contributed by atoms with van der Waals surface area (Å²) in [5.41, 5.74) is 3.93. The van der Waals surface area contributed by atoms with Crippen molar-refractivity contribution in [3.63, 3.8) is 0 Å². The first-order valence-electron chi connectivity index (χ1n) is 11.1. The lowest BCUT2D eigenvalue weighted by atomic mass is 9.82. The number of halogens is 3. The first-order chi connectivity index (χ1) is 16.4. The molecule has 1 amide bonds. The third-order valence-electron chi connectivity index (χ3n) is 6.47. The van der Waals surface area contributed by atoms with Crippen LogP contribution in [-0.2, 0) is 10.2 Å². The highest BCUT2D eigenvalue weighted by Crippen LogP contribution is 2.39. The number of nitrogens with zero attached hydrogens (tertiary/aromatic N) is 1. The minimum atomic E-state index is -1.23. The van der Waals surface area contributed by atoms with E-state index in [2.05, 4.69) is 54.9 Å². The second kappa shape index (κ2) is 11.4. The van der Waals surface area contributed by atoms with Crippen molar-refractivity contribution in [1.29, 1.82) is 0 Å². The summed E-state index contributed by atoms with van der Waals surface area (Å²) in [4.78, 5) is 36.1. The number of hydrogen-bond acceptors (Lipinski definition) is 3. The lowest BCUT2D eigenvalue weighted by molar-refractivity contribution is -0.439. The van der Waals surface area contributed by atoms with Crippen molar-refractivity contribution in [1.82, 2.24) is 0 Å². The molecular formula is C25H26I3N2O5+. The standard InChI is InChI=1S/C25H25I3N2O5/c1-13-25(2,3)14-9-6-7-10-15(14)30(13)12-8-4-5-11-16(31)29-22-20(27)17(23(32)33)19(26)18(21(22)28)24(34)35/h6-7,9-10H,4-5,8,11-12H2,1-3H3,(H2-,29,31,32,33,34,35)/p+1. The number of carbonyl (C=O) groups excluding carboxylic acids is 1. The summed E-state index contributed by atoms with van der Waals surface area (Å²) >= 11 is 5.44. The average Bonchev–Trinajstić information content (AvgIpc) is 2.96. The van der Waals surface area contributed by atoms with Crippen molar-refractivity contribution in [2.45, 2.75) is 51.9 Å². The fourth-order valence-electron chi connectivity index (χ4n) is 4.32. The first-order valence-corrected chi connectivity index (χ1v) is 14.3. The number of amides is 1. The Kier molecular flexibility index (Phi) is 9.21. The quantitative estimate of drug-likeness (QED) is 0.153. The van der Waals surface area contributed by atoms with E-state index in [4.69, 9.17) is 0 Å². The van der Waals surface area contributed by atoms with E-state index < -0.39 is 11.9 Å². The predicted molar refractivity (Wildman–Crippen MR) is 161 cm³/mol. The summed E-state index contributed by atoms with van der Waals surface area (Å²) < 4.78 is 3.16. The molecule has 186 valence electrons. The molecule has 2 aromatic carbocycles. The van der Waals surface area contributed by atoms with Gasteiger partial charge in [0.15, 0.2) is 5.71 Å². The number of carboxylic acids is 2. The molecule has 0 bridgehead atoms. The molecule has 7 nitrogen and oxygen atoms in total. The number of para-hydroxylation sites is 1. The van der Waals surface area contributed by atoms with Crippen molar-refractivity contribution in [2.75, 3.05) is 11.9 Å². The molecule has 0 radical (unpaired) electrons. The average molecular weight is 815 g/mol. The second-order valence-electron chi connectivity index (χ2n) is 8.92. The summed E-state index contributed by atoms with van der Waals surface area (Å²) in [6.45, 7) is 7.54. The third-order valence-corrected chi connectivity index (χ3v) is 9.71. The van der Waals surface area contributed by atoms with Crippen LogP contribution in [-0.4, -0.2) is 44.9 Å². The Balaban J connectivity index is 1.63. The van der Waals surface area contributed by atoms with Crippen LogP contribution in [0, 0.1) is 10.7 Å². The zero-order valence-corrected chi connectivity index (χ0v) is 26.0. The van der Waals surface area contributed by atoms with Crippen molar-refractivity contribution < 1.29 is 29.2 Å². The van der Waals surface area contributed by atoms with Crippen LogP contribution in [0.25, 0.3) is 0 Å². The zero-order chi connectivity index (χ0) is 26.1. The lowest BCUT2D eigenvalue weighted by Gasteiger charge is -2.16. The Hall–Kier alpha value is -1.29. The van der Waals surface area contributed by atoms with Crippen molar-refractivity contribution in [3.8, 4) is 0 Å². The Labute approximate surface area is 245 Å². The van der Waals surface area contributed by atoms with E-state index in [9.17, 15) is 24.6 Å². The molecule has 1 heterocycles. The summed E-state index contributed by atoms with van der Waals surface area (Å²) in [5.74, 6) is -2.72. The van der Waals surface area contributed by atoms with Gasteiger partial charge in [-0.25, -0.2) is 9.59 Å².